The molecular formula is C32H26N2. The number of anilines is 3. The minimum Gasteiger partial charge on any atom is -0.355 e. The zero-order valence-electron chi connectivity index (χ0n) is 19.4. The predicted molar refractivity (Wildman–Crippen MR) is 145 cm³/mol. The van der Waals surface area contributed by atoms with E-state index < -0.39 is 0 Å². The normalized spacial score (nSPS) is 11.2. The van der Waals surface area contributed by atoms with Gasteiger partial charge in [0.1, 0.15) is 0 Å². The molecule has 34 heavy (non-hydrogen) atoms. The maximum Gasteiger partial charge on any atom is 0.0465 e. The second-order valence-corrected chi connectivity index (χ2v) is 8.98. The van der Waals surface area contributed by atoms with Crippen LogP contribution in [-0.4, -0.2) is 4.98 Å². The summed E-state index contributed by atoms with van der Waals surface area (Å²) in [5.41, 5.74) is 10.8. The molecule has 6 aromatic rings. The molecule has 2 nitrogen and oxygen atoms in total. The van der Waals surface area contributed by atoms with Crippen molar-refractivity contribution in [1.82, 2.24) is 4.98 Å². The van der Waals surface area contributed by atoms with Crippen molar-refractivity contribution in [2.75, 3.05) is 4.90 Å². The minimum absolute atomic E-state index is 1.14. The summed E-state index contributed by atoms with van der Waals surface area (Å²) < 4.78 is 0. The first-order chi connectivity index (χ1) is 16.7. The van der Waals surface area contributed by atoms with Gasteiger partial charge in [-0.25, -0.2) is 0 Å². The first kappa shape index (κ1) is 20.3. The molecule has 0 spiro atoms. The fourth-order valence-electron chi connectivity index (χ4n) is 4.67. The smallest absolute Gasteiger partial charge is 0.0465 e. The molecule has 0 unspecified atom stereocenters. The van der Waals surface area contributed by atoms with E-state index in [1.807, 2.05) is 0 Å². The second-order valence-electron chi connectivity index (χ2n) is 8.98. The van der Waals surface area contributed by atoms with Crippen molar-refractivity contribution in [3.05, 3.63) is 126 Å². The van der Waals surface area contributed by atoms with Crippen molar-refractivity contribution >= 4 is 38.9 Å². The highest BCUT2D eigenvalue weighted by Gasteiger charge is 2.13. The molecule has 0 bridgehead atoms. The first-order valence-corrected chi connectivity index (χ1v) is 11.7. The van der Waals surface area contributed by atoms with Gasteiger partial charge in [0.2, 0.25) is 0 Å². The number of benzene rings is 5. The standard InChI is InChI=1S/C32H26N2/c1-22-7-14-26(15-8-22)34(27-16-9-23(2)10-17-27)28-18-11-24(12-19-28)25-13-20-32-30(21-25)29-5-3-4-6-31(29)33-32/h3-21,33H,1-2H3. The third-order valence-electron chi connectivity index (χ3n) is 6.55. The van der Waals surface area contributed by atoms with E-state index in [9.17, 15) is 0 Å². The van der Waals surface area contributed by atoms with Gasteiger partial charge in [-0.15, -0.1) is 0 Å². The van der Waals surface area contributed by atoms with Crippen molar-refractivity contribution in [3.8, 4) is 11.1 Å². The molecule has 164 valence electrons. The molecule has 0 saturated heterocycles. The SMILES string of the molecule is Cc1ccc(N(c2ccc(C)cc2)c2ccc(-c3ccc4[nH]c5ccccc5c4c3)cc2)cc1. The maximum absolute atomic E-state index is 3.52. The molecule has 6 rings (SSSR count). The van der Waals surface area contributed by atoms with Crippen LogP contribution in [-0.2, 0) is 0 Å². The lowest BCUT2D eigenvalue weighted by Gasteiger charge is -2.26. The van der Waals surface area contributed by atoms with Gasteiger partial charge >= 0.3 is 0 Å². The number of para-hydroxylation sites is 1. The van der Waals surface area contributed by atoms with Crippen LogP contribution < -0.4 is 4.90 Å². The molecule has 5 aromatic carbocycles. The fraction of sp³-hybridized carbons (Fsp3) is 0.0625. The highest BCUT2D eigenvalue weighted by molar-refractivity contribution is 6.08. The minimum atomic E-state index is 1.14. The number of H-pyrrole nitrogens is 1. The van der Waals surface area contributed by atoms with Gasteiger partial charge in [-0.05, 0) is 79.6 Å². The van der Waals surface area contributed by atoms with Gasteiger partial charge in [0.15, 0.2) is 0 Å². The molecule has 0 aliphatic heterocycles. The Morgan fingerprint density at radius 1 is 0.471 bits per heavy atom. The number of hydrogen-bond donors (Lipinski definition) is 1. The highest BCUT2D eigenvalue weighted by atomic mass is 15.1. The lowest BCUT2D eigenvalue weighted by Crippen LogP contribution is -2.09. The van der Waals surface area contributed by atoms with Gasteiger partial charge in [0.25, 0.3) is 0 Å². The predicted octanol–water partition coefficient (Wildman–Crippen LogP) is 9.07. The topological polar surface area (TPSA) is 19.0 Å². The Balaban J connectivity index is 1.41. The van der Waals surface area contributed by atoms with Crippen molar-refractivity contribution < 1.29 is 0 Å². The second kappa shape index (κ2) is 8.24. The van der Waals surface area contributed by atoms with E-state index in [0.717, 1.165) is 17.1 Å². The van der Waals surface area contributed by atoms with Crippen molar-refractivity contribution in [2.45, 2.75) is 13.8 Å². The Hall–Kier alpha value is -4.30. The highest BCUT2D eigenvalue weighted by Crippen LogP contribution is 2.36. The summed E-state index contributed by atoms with van der Waals surface area (Å²) in [4.78, 5) is 5.83. The van der Waals surface area contributed by atoms with Gasteiger partial charge in [0.05, 0.1) is 0 Å². The maximum atomic E-state index is 3.52. The lowest BCUT2D eigenvalue weighted by molar-refractivity contribution is 1.27. The molecule has 0 amide bonds. The van der Waals surface area contributed by atoms with Crippen LogP contribution in [0.1, 0.15) is 11.1 Å². The van der Waals surface area contributed by atoms with Crippen LogP contribution in [0.4, 0.5) is 17.1 Å². The van der Waals surface area contributed by atoms with Gasteiger partial charge in [-0.2, -0.15) is 0 Å². The van der Waals surface area contributed by atoms with E-state index in [2.05, 4.69) is 139 Å². The van der Waals surface area contributed by atoms with Crippen molar-refractivity contribution in [2.24, 2.45) is 0 Å². The van der Waals surface area contributed by atoms with Gasteiger partial charge in [-0.3, -0.25) is 0 Å². The average Bonchev–Trinajstić information content (AvgIpc) is 3.25. The summed E-state index contributed by atoms with van der Waals surface area (Å²) in [6.45, 7) is 4.25. The lowest BCUT2D eigenvalue weighted by atomic mass is 10.0. The van der Waals surface area contributed by atoms with Crippen molar-refractivity contribution in [1.29, 1.82) is 0 Å². The van der Waals surface area contributed by atoms with Crippen LogP contribution in [0.2, 0.25) is 0 Å². The Bertz CT molecular complexity index is 1540. The largest absolute Gasteiger partial charge is 0.355 e. The van der Waals surface area contributed by atoms with Crippen LogP contribution in [0, 0.1) is 13.8 Å². The molecule has 1 heterocycles. The molecule has 1 N–H and O–H groups in total. The number of fused-ring (bicyclic) bond motifs is 3. The summed E-state index contributed by atoms with van der Waals surface area (Å²) in [5, 5.41) is 2.53. The molecule has 2 heteroatoms. The molecule has 1 aromatic heterocycles. The van der Waals surface area contributed by atoms with Gasteiger partial charge < -0.3 is 9.88 Å². The Labute approximate surface area is 200 Å². The zero-order chi connectivity index (χ0) is 23.1. The van der Waals surface area contributed by atoms with Gasteiger partial charge in [0, 0.05) is 38.9 Å². The summed E-state index contributed by atoms with van der Waals surface area (Å²) in [5.74, 6) is 0. The van der Waals surface area contributed by atoms with Crippen molar-refractivity contribution in [3.63, 3.8) is 0 Å². The van der Waals surface area contributed by atoms with Crippen LogP contribution in [0.25, 0.3) is 32.9 Å². The molecule has 0 atom stereocenters. The van der Waals surface area contributed by atoms with E-state index >= 15 is 0 Å². The Morgan fingerprint density at radius 3 is 1.59 bits per heavy atom. The van der Waals surface area contributed by atoms with Crippen LogP contribution in [0.15, 0.2) is 115 Å². The molecule has 0 radical (unpaired) electrons. The number of aromatic nitrogens is 1. The van der Waals surface area contributed by atoms with Gasteiger partial charge in [-0.1, -0.05) is 71.8 Å². The fourth-order valence-corrected chi connectivity index (χ4v) is 4.67. The molecular weight excluding hydrogens is 412 g/mol. The summed E-state index contributed by atoms with van der Waals surface area (Å²) >= 11 is 0. The molecule has 0 aliphatic carbocycles. The number of rotatable bonds is 4. The summed E-state index contributed by atoms with van der Waals surface area (Å²) in [6, 6.07) is 41.5. The van der Waals surface area contributed by atoms with E-state index in [0.29, 0.717) is 0 Å². The summed E-state index contributed by atoms with van der Waals surface area (Å²) in [6.07, 6.45) is 0. The zero-order valence-corrected chi connectivity index (χ0v) is 19.4. The molecule has 0 aliphatic rings. The summed E-state index contributed by atoms with van der Waals surface area (Å²) in [7, 11) is 0. The molecule has 0 saturated carbocycles. The van der Waals surface area contributed by atoms with E-state index in [1.54, 1.807) is 0 Å². The number of aryl methyl sites for hydroxylation is 2. The van der Waals surface area contributed by atoms with Crippen LogP contribution >= 0.6 is 0 Å². The number of nitrogens with zero attached hydrogens (tertiary/aromatic N) is 1. The van der Waals surface area contributed by atoms with Crippen LogP contribution in [0.5, 0.6) is 0 Å². The Kier molecular flexibility index (Phi) is 4.92. The van der Waals surface area contributed by atoms with E-state index in [4.69, 9.17) is 0 Å². The average molecular weight is 439 g/mol. The van der Waals surface area contributed by atoms with Crippen LogP contribution in [0.3, 0.4) is 0 Å². The van der Waals surface area contributed by atoms with E-state index in [1.165, 1.54) is 44.1 Å². The Morgan fingerprint density at radius 2 is 0.971 bits per heavy atom. The quantitative estimate of drug-likeness (QED) is 0.291. The number of hydrogen-bond acceptors (Lipinski definition) is 1. The first-order valence-electron chi connectivity index (χ1n) is 11.7. The third-order valence-corrected chi connectivity index (χ3v) is 6.55. The third kappa shape index (κ3) is 3.64. The molecule has 0 fully saturated rings. The van der Waals surface area contributed by atoms with E-state index in [-0.39, 0.29) is 0 Å². The number of aromatic amines is 1. The number of nitrogens with one attached hydrogen (secondary N) is 1. The monoisotopic (exact) mass is 438 g/mol.